The maximum absolute atomic E-state index is 12.9. The first-order chi connectivity index (χ1) is 15.7. The molecule has 4 rings (SSSR count). The van der Waals surface area contributed by atoms with Crippen molar-refractivity contribution in [1.29, 1.82) is 0 Å². The van der Waals surface area contributed by atoms with Crippen LogP contribution in [-0.4, -0.2) is 27.5 Å². The van der Waals surface area contributed by atoms with Gasteiger partial charge in [-0.1, -0.05) is 35.4 Å². The molecular formula is C24H23ClN2O5S. The fraction of sp³-hybridized carbons (Fsp3) is 0.208. The molecule has 0 radical (unpaired) electrons. The molecule has 172 valence electrons. The zero-order valence-electron chi connectivity index (χ0n) is 18.1. The molecule has 3 aromatic rings. The Labute approximate surface area is 197 Å². The van der Waals surface area contributed by atoms with E-state index < -0.39 is 15.9 Å². The SMILES string of the molecule is Cc1ccc(S(=O)(=O)Nc2ccc(Cl)c(C(=O)NC(C)c3ccc4c(c3)OCCO4)c2)cc1. The number of halogens is 1. The van der Waals surface area contributed by atoms with Crippen LogP contribution in [0.2, 0.25) is 5.02 Å². The number of carbonyl (C=O) groups excluding carboxylic acids is 1. The van der Waals surface area contributed by atoms with Crippen LogP contribution in [0.15, 0.2) is 65.6 Å². The van der Waals surface area contributed by atoms with Crippen LogP contribution in [0.4, 0.5) is 5.69 Å². The largest absolute Gasteiger partial charge is 0.486 e. The van der Waals surface area contributed by atoms with Crippen LogP contribution < -0.4 is 19.5 Å². The van der Waals surface area contributed by atoms with Gasteiger partial charge in [-0.05, 0) is 61.9 Å². The predicted molar refractivity (Wildman–Crippen MR) is 127 cm³/mol. The van der Waals surface area contributed by atoms with Crippen molar-refractivity contribution in [1.82, 2.24) is 5.32 Å². The van der Waals surface area contributed by atoms with Crippen molar-refractivity contribution in [3.63, 3.8) is 0 Å². The number of hydrogen-bond donors (Lipinski definition) is 2. The van der Waals surface area contributed by atoms with E-state index in [-0.39, 0.29) is 27.2 Å². The number of aryl methyl sites for hydroxylation is 1. The molecule has 0 bridgehead atoms. The number of nitrogens with one attached hydrogen (secondary N) is 2. The van der Waals surface area contributed by atoms with E-state index >= 15 is 0 Å². The molecule has 2 N–H and O–H groups in total. The summed E-state index contributed by atoms with van der Waals surface area (Å²) in [6, 6.07) is 16.0. The van der Waals surface area contributed by atoms with Gasteiger partial charge in [0.2, 0.25) is 0 Å². The Morgan fingerprint density at radius 1 is 0.970 bits per heavy atom. The molecule has 1 atom stereocenters. The number of hydrogen-bond acceptors (Lipinski definition) is 5. The Morgan fingerprint density at radius 2 is 1.67 bits per heavy atom. The first kappa shape index (κ1) is 22.9. The van der Waals surface area contributed by atoms with E-state index in [1.165, 1.54) is 30.3 Å². The van der Waals surface area contributed by atoms with Gasteiger partial charge in [-0.3, -0.25) is 9.52 Å². The minimum atomic E-state index is -3.81. The fourth-order valence-electron chi connectivity index (χ4n) is 3.38. The number of amides is 1. The zero-order valence-corrected chi connectivity index (χ0v) is 19.7. The van der Waals surface area contributed by atoms with Crippen molar-refractivity contribution >= 4 is 33.2 Å². The summed E-state index contributed by atoms with van der Waals surface area (Å²) in [4.78, 5) is 13.1. The van der Waals surface area contributed by atoms with Crippen molar-refractivity contribution in [2.24, 2.45) is 0 Å². The van der Waals surface area contributed by atoms with Gasteiger partial charge >= 0.3 is 0 Å². The number of rotatable bonds is 6. The minimum Gasteiger partial charge on any atom is -0.486 e. The summed E-state index contributed by atoms with van der Waals surface area (Å²) in [5, 5.41) is 3.10. The third-order valence-corrected chi connectivity index (χ3v) is 6.94. The highest BCUT2D eigenvalue weighted by molar-refractivity contribution is 7.92. The molecule has 9 heteroatoms. The molecule has 3 aromatic carbocycles. The van der Waals surface area contributed by atoms with Crippen LogP contribution in [0, 0.1) is 6.92 Å². The highest BCUT2D eigenvalue weighted by Crippen LogP contribution is 2.33. The molecule has 0 saturated carbocycles. The number of fused-ring (bicyclic) bond motifs is 1. The molecule has 0 spiro atoms. The number of benzene rings is 3. The van der Waals surface area contributed by atoms with Crippen LogP contribution in [0.5, 0.6) is 11.5 Å². The standard InChI is InChI=1S/C24H23ClN2O5S/c1-15-3-7-19(8-4-15)33(29,30)27-18-6-9-21(25)20(14-18)24(28)26-16(2)17-5-10-22-23(13-17)32-12-11-31-22/h3-10,13-14,16,27H,11-12H2,1-2H3,(H,26,28). The van der Waals surface area contributed by atoms with Gasteiger partial charge in [-0.2, -0.15) is 0 Å². The average molecular weight is 487 g/mol. The summed E-state index contributed by atoms with van der Waals surface area (Å²) in [6.07, 6.45) is 0. The molecule has 1 heterocycles. The van der Waals surface area contributed by atoms with Gasteiger partial charge in [-0.15, -0.1) is 0 Å². The smallest absolute Gasteiger partial charge is 0.261 e. The van der Waals surface area contributed by atoms with E-state index in [4.69, 9.17) is 21.1 Å². The topological polar surface area (TPSA) is 93.7 Å². The van der Waals surface area contributed by atoms with Gasteiger partial charge in [0.15, 0.2) is 11.5 Å². The molecule has 33 heavy (non-hydrogen) atoms. The summed E-state index contributed by atoms with van der Waals surface area (Å²) in [7, 11) is -3.81. The predicted octanol–water partition coefficient (Wildman–Crippen LogP) is 4.71. The fourth-order valence-corrected chi connectivity index (χ4v) is 4.63. The minimum absolute atomic E-state index is 0.126. The number of carbonyl (C=O) groups is 1. The second kappa shape index (κ2) is 9.33. The quantitative estimate of drug-likeness (QED) is 0.526. The van der Waals surface area contributed by atoms with Crippen molar-refractivity contribution in [3.8, 4) is 11.5 Å². The highest BCUT2D eigenvalue weighted by atomic mass is 35.5. The van der Waals surface area contributed by atoms with Gasteiger partial charge in [0.05, 0.1) is 21.5 Å². The van der Waals surface area contributed by atoms with Crippen molar-refractivity contribution in [2.45, 2.75) is 24.8 Å². The second-order valence-corrected chi connectivity index (χ2v) is 9.80. The maximum atomic E-state index is 12.9. The lowest BCUT2D eigenvalue weighted by Gasteiger charge is -2.21. The molecule has 1 amide bonds. The van der Waals surface area contributed by atoms with Gasteiger partial charge in [0, 0.05) is 5.69 Å². The Kier molecular flexibility index (Phi) is 6.49. The normalized spacial score (nSPS) is 13.8. The van der Waals surface area contributed by atoms with E-state index in [0.717, 1.165) is 11.1 Å². The Balaban J connectivity index is 1.51. The van der Waals surface area contributed by atoms with E-state index in [1.807, 2.05) is 26.0 Å². The molecular weight excluding hydrogens is 464 g/mol. The summed E-state index contributed by atoms with van der Waals surface area (Å²) >= 11 is 6.25. The van der Waals surface area contributed by atoms with Crippen molar-refractivity contribution in [2.75, 3.05) is 17.9 Å². The van der Waals surface area contributed by atoms with E-state index in [9.17, 15) is 13.2 Å². The van der Waals surface area contributed by atoms with Crippen molar-refractivity contribution < 1.29 is 22.7 Å². The molecule has 0 saturated heterocycles. The summed E-state index contributed by atoms with van der Waals surface area (Å²) in [5.74, 6) is 0.865. The van der Waals surface area contributed by atoms with Crippen LogP contribution in [0.1, 0.15) is 34.5 Å². The lowest BCUT2D eigenvalue weighted by atomic mass is 10.1. The average Bonchev–Trinajstić information content (AvgIpc) is 2.80. The van der Waals surface area contributed by atoms with Gasteiger partial charge < -0.3 is 14.8 Å². The van der Waals surface area contributed by atoms with Crippen LogP contribution in [0.3, 0.4) is 0 Å². The number of ether oxygens (including phenoxy) is 2. The third kappa shape index (κ3) is 5.23. The first-order valence-corrected chi connectivity index (χ1v) is 12.2. The Morgan fingerprint density at radius 3 is 2.39 bits per heavy atom. The molecule has 0 fully saturated rings. The van der Waals surface area contributed by atoms with Gasteiger partial charge in [0.1, 0.15) is 13.2 Å². The Bertz CT molecular complexity index is 1290. The molecule has 0 aliphatic carbocycles. The molecule has 1 aliphatic rings. The lowest BCUT2D eigenvalue weighted by molar-refractivity contribution is 0.0940. The van der Waals surface area contributed by atoms with Gasteiger partial charge in [0.25, 0.3) is 15.9 Å². The van der Waals surface area contributed by atoms with E-state index in [2.05, 4.69) is 10.0 Å². The maximum Gasteiger partial charge on any atom is 0.261 e. The molecule has 1 unspecified atom stereocenters. The zero-order chi connectivity index (χ0) is 23.6. The van der Waals surface area contributed by atoms with Crippen LogP contribution >= 0.6 is 11.6 Å². The van der Waals surface area contributed by atoms with Crippen LogP contribution in [0.25, 0.3) is 0 Å². The number of anilines is 1. The van der Waals surface area contributed by atoms with E-state index in [0.29, 0.717) is 24.7 Å². The number of sulfonamides is 1. The summed E-state index contributed by atoms with van der Waals surface area (Å²) < 4.78 is 39.0. The lowest BCUT2D eigenvalue weighted by Crippen LogP contribution is -2.27. The molecule has 1 aliphatic heterocycles. The van der Waals surface area contributed by atoms with Gasteiger partial charge in [-0.25, -0.2) is 8.42 Å². The summed E-state index contributed by atoms with van der Waals surface area (Å²) in [6.45, 7) is 4.68. The first-order valence-electron chi connectivity index (χ1n) is 10.3. The molecule has 0 aromatic heterocycles. The third-order valence-electron chi connectivity index (χ3n) is 5.21. The second-order valence-electron chi connectivity index (χ2n) is 7.71. The van der Waals surface area contributed by atoms with Crippen molar-refractivity contribution in [3.05, 3.63) is 82.4 Å². The van der Waals surface area contributed by atoms with Crippen LogP contribution in [-0.2, 0) is 10.0 Å². The van der Waals surface area contributed by atoms with E-state index in [1.54, 1.807) is 18.2 Å². The highest BCUT2D eigenvalue weighted by Gasteiger charge is 2.20. The monoisotopic (exact) mass is 486 g/mol. The summed E-state index contributed by atoms with van der Waals surface area (Å²) in [5.41, 5.74) is 2.17. The molecule has 7 nitrogen and oxygen atoms in total. The Hall–Kier alpha value is -3.23.